The van der Waals surface area contributed by atoms with Crippen molar-refractivity contribution in [3.63, 3.8) is 0 Å². The number of nitrogens with one attached hydrogen (secondary N) is 1. The molecule has 2 nitrogen and oxygen atoms in total. The fraction of sp³-hybridized carbons (Fsp3) is 0.375. The Kier molecular flexibility index (Phi) is 3.20. The molecule has 18 heavy (non-hydrogen) atoms. The molecule has 1 aliphatic rings. The summed E-state index contributed by atoms with van der Waals surface area (Å²) in [5, 5.41) is 3.60. The second-order valence-corrected chi connectivity index (χ2v) is 5.09. The molecular formula is C16H19NO. The molecule has 1 N–H and O–H groups in total. The second-order valence-electron chi connectivity index (χ2n) is 5.09. The highest BCUT2D eigenvalue weighted by atomic mass is 16.3. The van der Waals surface area contributed by atoms with Crippen molar-refractivity contribution in [1.82, 2.24) is 5.32 Å². The summed E-state index contributed by atoms with van der Waals surface area (Å²) in [6, 6.07) is 15.4. The highest BCUT2D eigenvalue weighted by Gasteiger charge is 2.30. The summed E-state index contributed by atoms with van der Waals surface area (Å²) in [5.74, 6) is 2.66. The van der Waals surface area contributed by atoms with Crippen LogP contribution < -0.4 is 5.32 Å². The maximum Gasteiger partial charge on any atom is 0.108 e. The number of aryl methyl sites for hydroxylation is 1. The van der Waals surface area contributed by atoms with E-state index in [0.717, 1.165) is 24.5 Å². The van der Waals surface area contributed by atoms with Gasteiger partial charge in [-0.25, -0.2) is 0 Å². The van der Waals surface area contributed by atoms with Gasteiger partial charge in [-0.05, 0) is 44.0 Å². The van der Waals surface area contributed by atoms with Crippen LogP contribution in [0.2, 0.25) is 0 Å². The Balaban J connectivity index is 1.75. The van der Waals surface area contributed by atoms with Crippen LogP contribution in [0.25, 0.3) is 0 Å². The summed E-state index contributed by atoms with van der Waals surface area (Å²) >= 11 is 0. The van der Waals surface area contributed by atoms with E-state index in [4.69, 9.17) is 4.42 Å². The van der Waals surface area contributed by atoms with Crippen molar-refractivity contribution in [3.05, 3.63) is 59.5 Å². The molecule has 2 heterocycles. The highest BCUT2D eigenvalue weighted by Crippen LogP contribution is 2.30. The van der Waals surface area contributed by atoms with Gasteiger partial charge in [0.1, 0.15) is 11.5 Å². The van der Waals surface area contributed by atoms with Gasteiger partial charge in [-0.15, -0.1) is 0 Å². The van der Waals surface area contributed by atoms with Gasteiger partial charge in [0.25, 0.3) is 0 Å². The molecule has 1 aromatic carbocycles. The third-order valence-corrected chi connectivity index (χ3v) is 3.77. The van der Waals surface area contributed by atoms with E-state index < -0.39 is 0 Å². The van der Waals surface area contributed by atoms with Crippen LogP contribution in [0.3, 0.4) is 0 Å². The molecule has 0 amide bonds. The van der Waals surface area contributed by atoms with Crippen LogP contribution in [0.4, 0.5) is 0 Å². The lowest BCUT2D eigenvalue weighted by atomic mass is 9.93. The molecule has 1 fully saturated rings. The molecule has 2 unspecified atom stereocenters. The lowest BCUT2D eigenvalue weighted by Gasteiger charge is -2.17. The normalized spacial score (nSPS) is 23.4. The maximum absolute atomic E-state index is 5.80. The monoisotopic (exact) mass is 241 g/mol. The minimum Gasteiger partial charge on any atom is -0.466 e. The number of hydrogen-bond acceptors (Lipinski definition) is 2. The Morgan fingerprint density at radius 3 is 2.72 bits per heavy atom. The van der Waals surface area contributed by atoms with Gasteiger partial charge >= 0.3 is 0 Å². The summed E-state index contributed by atoms with van der Waals surface area (Å²) in [7, 11) is 0. The molecule has 2 aromatic rings. The predicted molar refractivity (Wildman–Crippen MR) is 72.7 cm³/mol. The first-order valence-electron chi connectivity index (χ1n) is 6.66. The zero-order valence-corrected chi connectivity index (χ0v) is 10.7. The van der Waals surface area contributed by atoms with Crippen LogP contribution in [-0.4, -0.2) is 12.6 Å². The van der Waals surface area contributed by atoms with Gasteiger partial charge in [-0.2, -0.15) is 0 Å². The van der Waals surface area contributed by atoms with Crippen LogP contribution in [0.1, 0.15) is 29.4 Å². The van der Waals surface area contributed by atoms with Crippen molar-refractivity contribution in [1.29, 1.82) is 0 Å². The third kappa shape index (κ3) is 2.34. The van der Waals surface area contributed by atoms with E-state index in [1.165, 1.54) is 12.0 Å². The number of rotatable bonds is 3. The molecule has 0 saturated carbocycles. The van der Waals surface area contributed by atoms with E-state index in [2.05, 4.69) is 47.8 Å². The van der Waals surface area contributed by atoms with E-state index in [9.17, 15) is 0 Å². The van der Waals surface area contributed by atoms with E-state index >= 15 is 0 Å². The molecule has 3 rings (SSSR count). The molecule has 2 heteroatoms. The van der Waals surface area contributed by atoms with Gasteiger partial charge in [-0.1, -0.05) is 30.3 Å². The van der Waals surface area contributed by atoms with Gasteiger partial charge < -0.3 is 9.73 Å². The third-order valence-electron chi connectivity index (χ3n) is 3.77. The summed E-state index contributed by atoms with van der Waals surface area (Å²) in [6.45, 7) is 3.10. The first-order valence-corrected chi connectivity index (χ1v) is 6.66. The summed E-state index contributed by atoms with van der Waals surface area (Å²) < 4.78 is 5.80. The molecule has 2 atom stereocenters. The number of benzene rings is 1. The quantitative estimate of drug-likeness (QED) is 0.892. The Morgan fingerprint density at radius 1 is 1.17 bits per heavy atom. The van der Waals surface area contributed by atoms with Gasteiger partial charge in [0.2, 0.25) is 0 Å². The number of furan rings is 1. The molecular weight excluding hydrogens is 222 g/mol. The fourth-order valence-corrected chi connectivity index (χ4v) is 2.84. The van der Waals surface area contributed by atoms with Crippen molar-refractivity contribution >= 4 is 0 Å². The van der Waals surface area contributed by atoms with E-state index in [1.54, 1.807) is 0 Å². The molecule has 0 aliphatic carbocycles. The molecule has 1 saturated heterocycles. The van der Waals surface area contributed by atoms with Crippen LogP contribution >= 0.6 is 0 Å². The Morgan fingerprint density at radius 2 is 2.00 bits per heavy atom. The van der Waals surface area contributed by atoms with E-state index in [-0.39, 0.29) is 0 Å². The molecule has 1 aromatic heterocycles. The van der Waals surface area contributed by atoms with Crippen molar-refractivity contribution in [3.8, 4) is 0 Å². The standard InChI is InChI=1S/C16H19NO/c1-12-7-8-16(18-12)14-9-10-17-15(14)11-13-5-3-2-4-6-13/h2-8,14-15,17H,9-11H2,1H3. The zero-order valence-electron chi connectivity index (χ0n) is 10.7. The lowest BCUT2D eigenvalue weighted by Crippen LogP contribution is -2.28. The minimum atomic E-state index is 0.498. The Labute approximate surface area is 108 Å². The predicted octanol–water partition coefficient (Wildman–Crippen LogP) is 3.28. The molecule has 1 aliphatic heterocycles. The van der Waals surface area contributed by atoms with Crippen molar-refractivity contribution in [2.24, 2.45) is 0 Å². The molecule has 94 valence electrons. The second kappa shape index (κ2) is 4.99. The summed E-state index contributed by atoms with van der Waals surface area (Å²) in [5.41, 5.74) is 1.39. The fourth-order valence-electron chi connectivity index (χ4n) is 2.84. The first-order chi connectivity index (χ1) is 8.83. The first kappa shape index (κ1) is 11.5. The molecule has 0 spiro atoms. The van der Waals surface area contributed by atoms with Crippen molar-refractivity contribution in [2.75, 3.05) is 6.54 Å². The van der Waals surface area contributed by atoms with Gasteiger partial charge in [0, 0.05) is 12.0 Å². The SMILES string of the molecule is Cc1ccc(C2CCNC2Cc2ccccc2)o1. The minimum absolute atomic E-state index is 0.498. The van der Waals surface area contributed by atoms with Gasteiger partial charge in [0.05, 0.1) is 0 Å². The van der Waals surface area contributed by atoms with Crippen LogP contribution in [-0.2, 0) is 6.42 Å². The molecule has 0 bridgehead atoms. The molecule has 0 radical (unpaired) electrons. The van der Waals surface area contributed by atoms with E-state index in [0.29, 0.717) is 12.0 Å². The zero-order chi connectivity index (χ0) is 12.4. The Hall–Kier alpha value is -1.54. The van der Waals surface area contributed by atoms with Gasteiger partial charge in [0.15, 0.2) is 0 Å². The maximum atomic E-state index is 5.80. The van der Waals surface area contributed by atoms with Gasteiger partial charge in [-0.3, -0.25) is 0 Å². The highest BCUT2D eigenvalue weighted by molar-refractivity contribution is 5.20. The van der Waals surface area contributed by atoms with Crippen LogP contribution in [0.5, 0.6) is 0 Å². The summed E-state index contributed by atoms with van der Waals surface area (Å²) in [4.78, 5) is 0. The topological polar surface area (TPSA) is 25.2 Å². The average molecular weight is 241 g/mol. The lowest BCUT2D eigenvalue weighted by molar-refractivity contribution is 0.415. The van der Waals surface area contributed by atoms with E-state index in [1.807, 2.05) is 6.92 Å². The van der Waals surface area contributed by atoms with Crippen LogP contribution in [0.15, 0.2) is 46.9 Å². The van der Waals surface area contributed by atoms with Crippen molar-refractivity contribution in [2.45, 2.75) is 31.7 Å². The smallest absolute Gasteiger partial charge is 0.108 e. The largest absolute Gasteiger partial charge is 0.466 e. The van der Waals surface area contributed by atoms with Crippen LogP contribution in [0, 0.1) is 6.92 Å². The average Bonchev–Trinajstić information content (AvgIpc) is 2.99. The Bertz CT molecular complexity index is 503. The number of hydrogen-bond donors (Lipinski definition) is 1. The summed E-state index contributed by atoms with van der Waals surface area (Å²) in [6.07, 6.45) is 2.25. The van der Waals surface area contributed by atoms with Crippen molar-refractivity contribution < 1.29 is 4.42 Å².